The highest BCUT2D eigenvalue weighted by atomic mass is 14.4. The molecular weight excluding hydrogens is 132 g/mol. The van der Waals surface area contributed by atoms with E-state index in [0.29, 0.717) is 0 Å². The van der Waals surface area contributed by atoms with Crippen molar-refractivity contribution >= 4 is 0 Å². The molecule has 0 saturated heterocycles. The van der Waals surface area contributed by atoms with E-state index >= 15 is 0 Å². The van der Waals surface area contributed by atoms with E-state index in [1.54, 1.807) is 0 Å². The van der Waals surface area contributed by atoms with E-state index in [1.165, 1.54) is 25.7 Å². The van der Waals surface area contributed by atoms with E-state index in [4.69, 9.17) is 0 Å². The molecule has 0 aromatic carbocycles. The van der Waals surface area contributed by atoms with Crippen LogP contribution in [0.1, 0.15) is 60.3 Å². The fourth-order valence-corrected chi connectivity index (χ4v) is 1.40. The molecule has 1 fully saturated rings. The maximum absolute atomic E-state index is 2.42. The standard InChI is InChI=1S/C9H18.C2H6/c1-4-8(2)7-9(3)5-6-9;1-2/h8H,4-7H2,1-3H3;1-2H3. The minimum atomic E-state index is 0.773. The third-order valence-electron chi connectivity index (χ3n) is 2.64. The average molecular weight is 156 g/mol. The van der Waals surface area contributed by atoms with Gasteiger partial charge >= 0.3 is 0 Å². The fourth-order valence-electron chi connectivity index (χ4n) is 1.40. The van der Waals surface area contributed by atoms with Gasteiger partial charge in [-0.3, -0.25) is 0 Å². The molecule has 1 rings (SSSR count). The van der Waals surface area contributed by atoms with Crippen molar-refractivity contribution in [1.82, 2.24) is 0 Å². The molecule has 1 unspecified atom stereocenters. The van der Waals surface area contributed by atoms with Crippen molar-refractivity contribution in [2.24, 2.45) is 11.3 Å². The molecule has 0 bridgehead atoms. The van der Waals surface area contributed by atoms with E-state index in [-0.39, 0.29) is 0 Å². The highest BCUT2D eigenvalue weighted by molar-refractivity contribution is 4.89. The summed E-state index contributed by atoms with van der Waals surface area (Å²) in [4.78, 5) is 0. The van der Waals surface area contributed by atoms with Crippen molar-refractivity contribution in [3.63, 3.8) is 0 Å². The Morgan fingerprint density at radius 1 is 1.27 bits per heavy atom. The lowest BCUT2D eigenvalue weighted by atomic mass is 9.93. The summed E-state index contributed by atoms with van der Waals surface area (Å²) < 4.78 is 0. The third kappa shape index (κ3) is 4.44. The summed E-state index contributed by atoms with van der Waals surface area (Å²) in [6.45, 7) is 11.1. The summed E-state index contributed by atoms with van der Waals surface area (Å²) >= 11 is 0. The van der Waals surface area contributed by atoms with Crippen LogP contribution in [0.2, 0.25) is 0 Å². The maximum Gasteiger partial charge on any atom is -0.0323 e. The molecule has 0 heteroatoms. The monoisotopic (exact) mass is 156 g/mol. The molecule has 0 amide bonds. The largest absolute Gasteiger partial charge is 0.0683 e. The summed E-state index contributed by atoms with van der Waals surface area (Å²) in [6, 6.07) is 0. The predicted octanol–water partition coefficient (Wildman–Crippen LogP) is 4.25. The summed E-state index contributed by atoms with van der Waals surface area (Å²) in [7, 11) is 0. The van der Waals surface area contributed by atoms with Gasteiger partial charge in [0, 0.05) is 0 Å². The Labute approximate surface area is 72.4 Å². The first-order valence-electron chi connectivity index (χ1n) is 5.16. The zero-order valence-corrected chi connectivity index (χ0v) is 8.91. The van der Waals surface area contributed by atoms with Crippen LogP contribution in [0.15, 0.2) is 0 Å². The molecule has 11 heavy (non-hydrogen) atoms. The van der Waals surface area contributed by atoms with Crippen LogP contribution in [0.3, 0.4) is 0 Å². The molecule has 68 valence electrons. The van der Waals surface area contributed by atoms with Crippen LogP contribution in [0.5, 0.6) is 0 Å². The molecule has 0 aromatic heterocycles. The topological polar surface area (TPSA) is 0 Å². The van der Waals surface area contributed by atoms with Crippen molar-refractivity contribution in [3.8, 4) is 0 Å². The smallest absolute Gasteiger partial charge is 0.0323 e. The lowest BCUT2D eigenvalue weighted by Gasteiger charge is -2.12. The van der Waals surface area contributed by atoms with Crippen molar-refractivity contribution in [2.75, 3.05) is 0 Å². The lowest BCUT2D eigenvalue weighted by molar-refractivity contribution is 0.390. The molecule has 0 aliphatic heterocycles. The first-order valence-corrected chi connectivity index (χ1v) is 5.16. The normalized spacial score (nSPS) is 21.5. The first-order chi connectivity index (χ1) is 5.16. The molecule has 0 radical (unpaired) electrons. The van der Waals surface area contributed by atoms with Crippen molar-refractivity contribution < 1.29 is 0 Å². The van der Waals surface area contributed by atoms with Crippen LogP contribution < -0.4 is 0 Å². The van der Waals surface area contributed by atoms with Gasteiger partial charge in [0.1, 0.15) is 0 Å². The highest BCUT2D eigenvalue weighted by Crippen LogP contribution is 2.50. The molecule has 0 N–H and O–H groups in total. The Hall–Kier alpha value is 0. The number of hydrogen-bond acceptors (Lipinski definition) is 0. The maximum atomic E-state index is 2.42. The van der Waals surface area contributed by atoms with Crippen LogP contribution >= 0.6 is 0 Å². The minimum Gasteiger partial charge on any atom is -0.0683 e. The fraction of sp³-hybridized carbons (Fsp3) is 1.00. The van der Waals surface area contributed by atoms with E-state index < -0.39 is 0 Å². The summed E-state index contributed by atoms with van der Waals surface area (Å²) in [6.07, 6.45) is 5.79. The molecule has 1 atom stereocenters. The van der Waals surface area contributed by atoms with Crippen LogP contribution in [0, 0.1) is 11.3 Å². The van der Waals surface area contributed by atoms with Gasteiger partial charge in [-0.1, -0.05) is 41.0 Å². The van der Waals surface area contributed by atoms with Gasteiger partial charge in [-0.25, -0.2) is 0 Å². The second kappa shape index (κ2) is 4.79. The Morgan fingerprint density at radius 2 is 1.73 bits per heavy atom. The van der Waals surface area contributed by atoms with E-state index in [9.17, 15) is 0 Å². The van der Waals surface area contributed by atoms with Crippen LogP contribution in [-0.2, 0) is 0 Å². The molecule has 1 aliphatic rings. The summed E-state index contributed by atoms with van der Waals surface area (Å²) in [5, 5.41) is 0. The van der Waals surface area contributed by atoms with E-state index in [0.717, 1.165) is 11.3 Å². The molecule has 0 aromatic rings. The summed E-state index contributed by atoms with van der Waals surface area (Å²) in [5.41, 5.74) is 0.773. The zero-order chi connectivity index (χ0) is 8.91. The Morgan fingerprint density at radius 3 is 2.00 bits per heavy atom. The van der Waals surface area contributed by atoms with E-state index in [1.807, 2.05) is 13.8 Å². The molecular formula is C11H24. The predicted molar refractivity (Wildman–Crippen MR) is 52.8 cm³/mol. The minimum absolute atomic E-state index is 0.773. The lowest BCUT2D eigenvalue weighted by Crippen LogP contribution is -2.01. The van der Waals surface area contributed by atoms with Crippen LogP contribution in [0.4, 0.5) is 0 Å². The summed E-state index contributed by atoms with van der Waals surface area (Å²) in [5.74, 6) is 0.956. The third-order valence-corrected chi connectivity index (χ3v) is 2.64. The van der Waals surface area contributed by atoms with Gasteiger partial charge in [0.15, 0.2) is 0 Å². The molecule has 1 aliphatic carbocycles. The van der Waals surface area contributed by atoms with Crippen LogP contribution in [0.25, 0.3) is 0 Å². The second-order valence-electron chi connectivity index (χ2n) is 4.03. The number of rotatable bonds is 3. The van der Waals surface area contributed by atoms with Crippen molar-refractivity contribution in [3.05, 3.63) is 0 Å². The molecule has 0 spiro atoms. The van der Waals surface area contributed by atoms with Gasteiger partial charge in [0.05, 0.1) is 0 Å². The highest BCUT2D eigenvalue weighted by Gasteiger charge is 2.37. The first kappa shape index (κ1) is 11.0. The molecule has 1 saturated carbocycles. The van der Waals surface area contributed by atoms with Crippen molar-refractivity contribution in [1.29, 1.82) is 0 Å². The number of hydrogen-bond donors (Lipinski definition) is 0. The quantitative estimate of drug-likeness (QED) is 0.573. The Balaban J connectivity index is 0.000000461. The van der Waals surface area contributed by atoms with Gasteiger partial charge < -0.3 is 0 Å². The van der Waals surface area contributed by atoms with Gasteiger partial charge in [-0.05, 0) is 30.6 Å². The molecule has 0 nitrogen and oxygen atoms in total. The van der Waals surface area contributed by atoms with Gasteiger partial charge in [-0.15, -0.1) is 0 Å². The Kier molecular flexibility index (Phi) is 4.79. The SMILES string of the molecule is CC.CCC(C)CC1(C)CC1. The van der Waals surface area contributed by atoms with Crippen LogP contribution in [-0.4, -0.2) is 0 Å². The molecule has 0 heterocycles. The zero-order valence-electron chi connectivity index (χ0n) is 8.91. The second-order valence-corrected chi connectivity index (χ2v) is 4.03. The van der Waals surface area contributed by atoms with Gasteiger partial charge in [-0.2, -0.15) is 0 Å². The van der Waals surface area contributed by atoms with E-state index in [2.05, 4.69) is 20.8 Å². The van der Waals surface area contributed by atoms with Gasteiger partial charge in [0.25, 0.3) is 0 Å². The van der Waals surface area contributed by atoms with Gasteiger partial charge in [0.2, 0.25) is 0 Å². The van der Waals surface area contributed by atoms with Crippen molar-refractivity contribution in [2.45, 2.75) is 60.3 Å². The Bertz CT molecular complexity index is 90.2. The average Bonchev–Trinajstić information content (AvgIpc) is 2.72.